The van der Waals surface area contributed by atoms with Gasteiger partial charge in [-0.3, -0.25) is 0 Å². The van der Waals surface area contributed by atoms with E-state index in [0.717, 1.165) is 12.2 Å². The Balaban J connectivity index is 2.00. The average Bonchev–Trinajstić information content (AvgIpc) is 2.69. The van der Waals surface area contributed by atoms with Crippen LogP contribution in [0.5, 0.6) is 5.75 Å². The highest BCUT2D eigenvalue weighted by Gasteiger charge is 2.15. The van der Waals surface area contributed by atoms with E-state index in [1.165, 1.54) is 33.0 Å². The van der Waals surface area contributed by atoms with E-state index in [-0.39, 0.29) is 6.79 Å². The molecule has 0 amide bonds. The summed E-state index contributed by atoms with van der Waals surface area (Å²) < 4.78 is 11.3. The van der Waals surface area contributed by atoms with Crippen LogP contribution in [0.1, 0.15) is 16.7 Å². The number of ether oxygens (including phenoxy) is 2. The van der Waals surface area contributed by atoms with Gasteiger partial charge in [0.1, 0.15) is 5.75 Å². The lowest BCUT2D eigenvalue weighted by Crippen LogP contribution is -2.20. The van der Waals surface area contributed by atoms with Crippen LogP contribution in [0.25, 0.3) is 0 Å². The Morgan fingerprint density at radius 3 is 2.36 bits per heavy atom. The van der Waals surface area contributed by atoms with Crippen LogP contribution in [-0.2, 0) is 11.2 Å². The van der Waals surface area contributed by atoms with Crippen molar-refractivity contribution in [1.82, 2.24) is 0 Å². The minimum atomic E-state index is 0.248. The molecule has 0 aliphatic rings. The summed E-state index contributed by atoms with van der Waals surface area (Å²) >= 11 is 0. The minimum Gasteiger partial charge on any atom is -0.467 e. The number of hydrogen-bond acceptors (Lipinski definition) is 3. The second-order valence-corrected chi connectivity index (χ2v) is 8.28. The van der Waals surface area contributed by atoms with Crippen molar-refractivity contribution in [2.45, 2.75) is 13.3 Å². The Morgan fingerprint density at radius 2 is 1.64 bits per heavy atom. The van der Waals surface area contributed by atoms with Gasteiger partial charge in [-0.05, 0) is 29.7 Å². The Labute approximate surface area is 170 Å². The molecule has 0 saturated heterocycles. The zero-order chi connectivity index (χ0) is 19.9. The summed E-state index contributed by atoms with van der Waals surface area (Å²) in [5, 5.41) is 2.56. The van der Waals surface area contributed by atoms with E-state index in [2.05, 4.69) is 86.6 Å². The number of rotatable bonds is 8. The van der Waals surface area contributed by atoms with Gasteiger partial charge >= 0.3 is 0 Å². The molecule has 3 nitrogen and oxygen atoms in total. The van der Waals surface area contributed by atoms with Crippen molar-refractivity contribution in [1.29, 1.82) is 0 Å². The Hall–Kier alpha value is -2.35. The molecular weight excluding hydrogens is 365 g/mol. The molecule has 0 fully saturated rings. The molecule has 1 atom stereocenters. The summed E-state index contributed by atoms with van der Waals surface area (Å²) in [5.41, 5.74) is 5.02. The molecule has 0 N–H and O–H groups in total. The molecule has 0 bridgehead atoms. The fourth-order valence-corrected chi connectivity index (χ4v) is 4.76. The standard InChI is InChI=1S/C24H28NO2P/c1-18-10-8-14-21(25(2)3)24(18)28-22-15-9-13-20(23(22)27-17-26-4)16-19-11-6-5-7-12-19/h5-15,28H,16-17H2,1-4H3. The van der Waals surface area contributed by atoms with Crippen molar-refractivity contribution in [2.75, 3.05) is 32.9 Å². The molecule has 0 aromatic heterocycles. The smallest absolute Gasteiger partial charge is 0.188 e. The first-order valence-corrected chi connectivity index (χ1v) is 10.4. The van der Waals surface area contributed by atoms with E-state index >= 15 is 0 Å². The topological polar surface area (TPSA) is 21.7 Å². The molecule has 0 aliphatic heterocycles. The van der Waals surface area contributed by atoms with Gasteiger partial charge in [-0.1, -0.05) is 69.2 Å². The van der Waals surface area contributed by atoms with Crippen molar-refractivity contribution in [3.63, 3.8) is 0 Å². The third-order valence-electron chi connectivity index (χ3n) is 4.65. The first-order valence-electron chi connectivity index (χ1n) is 9.41. The summed E-state index contributed by atoms with van der Waals surface area (Å²) in [7, 11) is 6.36. The van der Waals surface area contributed by atoms with Crippen LogP contribution in [0, 0.1) is 6.92 Å². The maximum atomic E-state index is 6.07. The van der Waals surface area contributed by atoms with Crippen molar-refractivity contribution >= 4 is 24.9 Å². The molecule has 3 aromatic carbocycles. The van der Waals surface area contributed by atoms with Gasteiger partial charge < -0.3 is 14.4 Å². The highest BCUT2D eigenvalue weighted by atomic mass is 31.1. The predicted octanol–water partition coefficient (Wildman–Crippen LogP) is 4.26. The van der Waals surface area contributed by atoms with Gasteiger partial charge in [0, 0.05) is 43.9 Å². The van der Waals surface area contributed by atoms with Crippen LogP contribution in [0.4, 0.5) is 5.69 Å². The molecule has 0 aliphatic carbocycles. The maximum Gasteiger partial charge on any atom is 0.188 e. The molecule has 0 saturated carbocycles. The molecule has 0 heterocycles. The van der Waals surface area contributed by atoms with Gasteiger partial charge in [-0.25, -0.2) is 0 Å². The second-order valence-electron chi connectivity index (χ2n) is 7.00. The summed E-state index contributed by atoms with van der Waals surface area (Å²) in [5.74, 6) is 0.944. The highest BCUT2D eigenvalue weighted by Crippen LogP contribution is 2.29. The number of methoxy groups -OCH3 is 1. The molecule has 0 radical (unpaired) electrons. The van der Waals surface area contributed by atoms with Crippen molar-refractivity contribution in [3.8, 4) is 5.75 Å². The molecule has 146 valence electrons. The maximum absolute atomic E-state index is 6.07. The third-order valence-corrected chi connectivity index (χ3v) is 6.21. The van der Waals surface area contributed by atoms with E-state index in [0.29, 0.717) is 8.58 Å². The molecule has 3 aromatic rings. The van der Waals surface area contributed by atoms with E-state index in [1.807, 2.05) is 6.07 Å². The number of para-hydroxylation sites is 1. The lowest BCUT2D eigenvalue weighted by molar-refractivity contribution is 0.0513. The molecule has 3 rings (SSSR count). The van der Waals surface area contributed by atoms with E-state index in [9.17, 15) is 0 Å². The van der Waals surface area contributed by atoms with Crippen molar-refractivity contribution < 1.29 is 9.47 Å². The summed E-state index contributed by atoms with van der Waals surface area (Å²) in [4.78, 5) is 2.18. The number of aryl methyl sites for hydroxylation is 1. The fraction of sp³-hybridized carbons (Fsp3) is 0.250. The number of hydrogen-bond donors (Lipinski definition) is 0. The van der Waals surface area contributed by atoms with Crippen LogP contribution in [0.3, 0.4) is 0 Å². The Kier molecular flexibility index (Phi) is 7.08. The van der Waals surface area contributed by atoms with Crippen molar-refractivity contribution in [3.05, 3.63) is 83.4 Å². The SMILES string of the molecule is COCOc1c(Cc2ccccc2)cccc1Pc1c(C)cccc1N(C)C. The van der Waals surface area contributed by atoms with Gasteiger partial charge in [-0.2, -0.15) is 0 Å². The minimum absolute atomic E-state index is 0.248. The first kappa shape index (κ1) is 20.4. The average molecular weight is 393 g/mol. The van der Waals surface area contributed by atoms with Gasteiger partial charge in [-0.15, -0.1) is 0 Å². The van der Waals surface area contributed by atoms with Gasteiger partial charge in [0.25, 0.3) is 0 Å². The van der Waals surface area contributed by atoms with Crippen LogP contribution in [-0.4, -0.2) is 28.0 Å². The predicted molar refractivity (Wildman–Crippen MR) is 121 cm³/mol. The van der Waals surface area contributed by atoms with Gasteiger partial charge in [0.05, 0.1) is 0 Å². The Bertz CT molecular complexity index is 910. The number of benzene rings is 3. The largest absolute Gasteiger partial charge is 0.467 e. The summed E-state index contributed by atoms with van der Waals surface area (Å²) in [6.45, 7) is 2.43. The second kappa shape index (κ2) is 9.73. The lowest BCUT2D eigenvalue weighted by atomic mass is 10.0. The Morgan fingerprint density at radius 1 is 0.893 bits per heavy atom. The van der Waals surface area contributed by atoms with Crippen LogP contribution >= 0.6 is 8.58 Å². The van der Waals surface area contributed by atoms with Gasteiger partial charge in [0.2, 0.25) is 0 Å². The first-order chi connectivity index (χ1) is 13.6. The van der Waals surface area contributed by atoms with Crippen LogP contribution in [0.2, 0.25) is 0 Å². The van der Waals surface area contributed by atoms with Crippen LogP contribution in [0.15, 0.2) is 66.7 Å². The molecule has 28 heavy (non-hydrogen) atoms. The number of nitrogens with zero attached hydrogens (tertiary/aromatic N) is 1. The fourth-order valence-electron chi connectivity index (χ4n) is 3.25. The molecule has 0 spiro atoms. The molecule has 1 unspecified atom stereocenters. The lowest BCUT2D eigenvalue weighted by Gasteiger charge is -2.21. The third kappa shape index (κ3) is 4.92. The quantitative estimate of drug-likeness (QED) is 0.422. The highest BCUT2D eigenvalue weighted by molar-refractivity contribution is 7.56. The zero-order valence-electron chi connectivity index (χ0n) is 17.0. The summed E-state index contributed by atoms with van der Waals surface area (Å²) in [6.07, 6.45) is 0.840. The summed E-state index contributed by atoms with van der Waals surface area (Å²) in [6, 6.07) is 23.4. The van der Waals surface area contributed by atoms with Crippen LogP contribution < -0.4 is 20.2 Å². The number of anilines is 1. The molecular formula is C24H28NO2P. The normalized spacial score (nSPS) is 11.1. The van der Waals surface area contributed by atoms with E-state index in [1.54, 1.807) is 7.11 Å². The molecule has 4 heteroatoms. The monoisotopic (exact) mass is 393 g/mol. The van der Waals surface area contributed by atoms with Gasteiger partial charge in [0.15, 0.2) is 6.79 Å². The van der Waals surface area contributed by atoms with E-state index in [4.69, 9.17) is 9.47 Å². The zero-order valence-corrected chi connectivity index (χ0v) is 18.0. The van der Waals surface area contributed by atoms with Crippen molar-refractivity contribution in [2.24, 2.45) is 0 Å². The van der Waals surface area contributed by atoms with E-state index < -0.39 is 0 Å².